The molecule has 82 valence electrons. The van der Waals surface area contributed by atoms with Crippen LogP contribution in [0.1, 0.15) is 26.2 Å². The normalized spacial score (nSPS) is 13.1. The van der Waals surface area contributed by atoms with Gasteiger partial charge in [0, 0.05) is 7.05 Å². The number of carbonyl (C=O) groups is 1. The third-order valence-electron chi connectivity index (χ3n) is 1.95. The van der Waals surface area contributed by atoms with Crippen molar-refractivity contribution in [2.45, 2.75) is 31.4 Å². The molecule has 0 saturated heterocycles. The Balaban J connectivity index is 4.15. The van der Waals surface area contributed by atoms with Crippen molar-refractivity contribution in [1.29, 1.82) is 0 Å². The highest BCUT2D eigenvalue weighted by molar-refractivity contribution is 7.99. The molecule has 1 amide bonds. The fraction of sp³-hybridized carbons (Fsp3) is 0.778. The average molecular weight is 218 g/mol. The van der Waals surface area contributed by atoms with Crippen molar-refractivity contribution in [3.63, 3.8) is 0 Å². The summed E-state index contributed by atoms with van der Waals surface area (Å²) in [7, 11) is 1.59. The summed E-state index contributed by atoms with van der Waals surface area (Å²) in [6.07, 6.45) is 6.04. The van der Waals surface area contributed by atoms with E-state index in [9.17, 15) is 4.79 Å². The van der Waals surface area contributed by atoms with E-state index in [-0.39, 0.29) is 11.2 Å². The molecule has 0 aliphatic rings. The maximum absolute atomic E-state index is 11.7. The first-order valence-corrected chi connectivity index (χ1v) is 5.93. The van der Waals surface area contributed by atoms with Crippen molar-refractivity contribution in [2.75, 3.05) is 13.3 Å². The van der Waals surface area contributed by atoms with Crippen LogP contribution < -0.4 is 0 Å². The molecule has 1 atom stereocenters. The third kappa shape index (κ3) is 4.50. The van der Waals surface area contributed by atoms with E-state index in [1.165, 1.54) is 16.7 Å². The van der Waals surface area contributed by atoms with Crippen LogP contribution in [0.5, 0.6) is 0 Å². The lowest BCUT2D eigenvalue weighted by Gasteiger charge is -2.17. The van der Waals surface area contributed by atoms with Crippen LogP contribution in [-0.2, 0) is 4.79 Å². The van der Waals surface area contributed by atoms with Crippen LogP contribution >= 0.6 is 11.8 Å². The van der Waals surface area contributed by atoms with Gasteiger partial charge in [-0.2, -0.15) is 11.8 Å². The molecule has 1 unspecified atom stereocenters. The van der Waals surface area contributed by atoms with Crippen LogP contribution in [0.2, 0.25) is 0 Å². The van der Waals surface area contributed by atoms with Gasteiger partial charge in [-0.25, -0.2) is 0 Å². The van der Waals surface area contributed by atoms with Crippen molar-refractivity contribution in [1.82, 2.24) is 4.90 Å². The summed E-state index contributed by atoms with van der Waals surface area (Å²) in [5, 5.41) is 11.1. The maximum Gasteiger partial charge on any atom is 0.240 e. The van der Waals surface area contributed by atoms with E-state index in [4.69, 9.17) is 5.21 Å². The zero-order chi connectivity index (χ0) is 11.0. The molecule has 0 aliphatic carbocycles. The number of thioether (sulfide) groups is 1. The number of unbranched alkanes of at least 4 members (excludes halogenated alkanes) is 1. The summed E-state index contributed by atoms with van der Waals surface area (Å²) >= 11 is 1.54. The molecule has 0 rings (SSSR count). The molecule has 1 N–H and O–H groups in total. The molecule has 5 heteroatoms. The predicted octanol–water partition coefficient (Wildman–Crippen LogP) is 1.78. The van der Waals surface area contributed by atoms with E-state index in [1.807, 2.05) is 6.26 Å². The van der Waals surface area contributed by atoms with Gasteiger partial charge in [-0.15, -0.1) is 0 Å². The predicted molar refractivity (Wildman–Crippen MR) is 59.9 cm³/mol. The van der Waals surface area contributed by atoms with Crippen molar-refractivity contribution in [3.05, 3.63) is 0 Å². The SMILES string of the molecule is CCCCC(SC)C(=O)N(C)C=NO. The van der Waals surface area contributed by atoms with Gasteiger partial charge in [0.1, 0.15) is 6.34 Å². The van der Waals surface area contributed by atoms with Crippen LogP contribution in [0.4, 0.5) is 0 Å². The molecule has 0 radical (unpaired) electrons. The number of nitrogens with zero attached hydrogens (tertiary/aromatic N) is 2. The number of amides is 1. The minimum atomic E-state index is -0.0297. The topological polar surface area (TPSA) is 52.9 Å². The van der Waals surface area contributed by atoms with E-state index in [0.717, 1.165) is 25.6 Å². The monoisotopic (exact) mass is 218 g/mol. The lowest BCUT2D eigenvalue weighted by Crippen LogP contribution is -2.33. The Hall–Kier alpha value is -0.710. The van der Waals surface area contributed by atoms with Crippen molar-refractivity contribution < 1.29 is 10.0 Å². The van der Waals surface area contributed by atoms with Gasteiger partial charge in [-0.3, -0.25) is 4.79 Å². The van der Waals surface area contributed by atoms with Gasteiger partial charge < -0.3 is 10.1 Å². The van der Waals surface area contributed by atoms with Crippen molar-refractivity contribution >= 4 is 24.0 Å². The summed E-state index contributed by atoms with van der Waals surface area (Å²) in [5.74, 6) is -0.0104. The Labute approximate surface area is 89.3 Å². The Kier molecular flexibility index (Phi) is 7.28. The summed E-state index contributed by atoms with van der Waals surface area (Å²) in [4.78, 5) is 13.0. The zero-order valence-electron chi connectivity index (χ0n) is 8.93. The number of hydrogen-bond acceptors (Lipinski definition) is 4. The van der Waals surface area contributed by atoms with Crippen LogP contribution in [0.15, 0.2) is 5.16 Å². The van der Waals surface area contributed by atoms with Gasteiger partial charge >= 0.3 is 0 Å². The second kappa shape index (κ2) is 7.67. The van der Waals surface area contributed by atoms with Crippen molar-refractivity contribution in [2.24, 2.45) is 5.16 Å². The van der Waals surface area contributed by atoms with E-state index in [1.54, 1.807) is 7.05 Å². The summed E-state index contributed by atoms with van der Waals surface area (Å²) in [6, 6.07) is 0. The second-order valence-corrected chi connectivity index (χ2v) is 4.09. The molecule has 0 spiro atoms. The highest BCUT2D eigenvalue weighted by Gasteiger charge is 2.19. The van der Waals surface area contributed by atoms with Crippen LogP contribution in [-0.4, -0.2) is 40.9 Å². The standard InChI is InChI=1S/C9H18N2O2S/c1-4-5-6-8(14-3)9(12)11(2)7-10-13/h7-8,13H,4-6H2,1-3H3. The van der Waals surface area contributed by atoms with Gasteiger partial charge in [0.15, 0.2) is 0 Å². The highest BCUT2D eigenvalue weighted by Crippen LogP contribution is 2.16. The maximum atomic E-state index is 11.7. The average Bonchev–Trinajstić information content (AvgIpc) is 2.19. The molecule has 0 heterocycles. The third-order valence-corrected chi connectivity index (χ3v) is 2.96. The van der Waals surface area contributed by atoms with E-state index < -0.39 is 0 Å². The van der Waals surface area contributed by atoms with Gasteiger partial charge in [0.05, 0.1) is 5.25 Å². The quantitative estimate of drug-likeness (QED) is 0.320. The molecular formula is C9H18N2O2S. The molecule has 0 fully saturated rings. The number of hydrogen-bond donors (Lipinski definition) is 1. The zero-order valence-corrected chi connectivity index (χ0v) is 9.75. The van der Waals surface area contributed by atoms with Gasteiger partial charge in [-0.05, 0) is 12.7 Å². The summed E-state index contributed by atoms with van der Waals surface area (Å²) in [6.45, 7) is 2.10. The molecule has 0 aliphatic heterocycles. The first-order chi connectivity index (χ1) is 6.67. The largest absolute Gasteiger partial charge is 0.410 e. The fourth-order valence-electron chi connectivity index (χ4n) is 1.09. The Morgan fingerprint density at radius 1 is 1.71 bits per heavy atom. The number of rotatable bonds is 6. The Morgan fingerprint density at radius 2 is 2.36 bits per heavy atom. The molecule has 14 heavy (non-hydrogen) atoms. The van der Waals surface area contributed by atoms with Gasteiger partial charge in [0.2, 0.25) is 5.91 Å². The van der Waals surface area contributed by atoms with Crippen LogP contribution in [0, 0.1) is 0 Å². The van der Waals surface area contributed by atoms with Crippen LogP contribution in [0.25, 0.3) is 0 Å². The van der Waals surface area contributed by atoms with E-state index >= 15 is 0 Å². The lowest BCUT2D eigenvalue weighted by molar-refractivity contribution is -0.125. The summed E-state index contributed by atoms with van der Waals surface area (Å²) < 4.78 is 0. The minimum absolute atomic E-state index is 0.0104. The number of oxime groups is 1. The molecule has 0 aromatic carbocycles. The van der Waals surface area contributed by atoms with Gasteiger partial charge in [-0.1, -0.05) is 24.9 Å². The molecule has 4 nitrogen and oxygen atoms in total. The molecule has 0 aromatic rings. The smallest absolute Gasteiger partial charge is 0.240 e. The Bertz CT molecular complexity index is 197. The fourth-order valence-corrected chi connectivity index (χ4v) is 1.86. The number of carbonyl (C=O) groups excluding carboxylic acids is 1. The molecular weight excluding hydrogens is 200 g/mol. The summed E-state index contributed by atoms with van der Waals surface area (Å²) in [5.41, 5.74) is 0. The van der Waals surface area contributed by atoms with Crippen molar-refractivity contribution in [3.8, 4) is 0 Å². The van der Waals surface area contributed by atoms with E-state index in [0.29, 0.717) is 0 Å². The minimum Gasteiger partial charge on any atom is -0.410 e. The molecule has 0 saturated carbocycles. The lowest BCUT2D eigenvalue weighted by atomic mass is 10.2. The second-order valence-electron chi connectivity index (χ2n) is 3.05. The van der Waals surface area contributed by atoms with E-state index in [2.05, 4.69) is 12.1 Å². The Morgan fingerprint density at radius 3 is 2.79 bits per heavy atom. The van der Waals surface area contributed by atoms with Gasteiger partial charge in [0.25, 0.3) is 0 Å². The molecule has 0 bridgehead atoms. The first-order valence-electron chi connectivity index (χ1n) is 4.64. The molecule has 0 aromatic heterocycles. The van der Waals surface area contributed by atoms with Crippen LogP contribution in [0.3, 0.4) is 0 Å². The highest BCUT2D eigenvalue weighted by atomic mass is 32.2. The first kappa shape index (κ1) is 13.3.